The summed E-state index contributed by atoms with van der Waals surface area (Å²) in [7, 11) is 4.10. The monoisotopic (exact) mass is 413 g/mol. The van der Waals surface area contributed by atoms with Gasteiger partial charge in [-0.3, -0.25) is 0 Å². The first-order valence-corrected chi connectivity index (χ1v) is 10.6. The van der Waals surface area contributed by atoms with Gasteiger partial charge < -0.3 is 24.6 Å². The predicted molar refractivity (Wildman–Crippen MR) is 124 cm³/mol. The van der Waals surface area contributed by atoms with Crippen molar-refractivity contribution in [3.05, 3.63) is 54.1 Å². The van der Waals surface area contributed by atoms with Gasteiger partial charge in [-0.25, -0.2) is 0 Å². The number of nitrogens with zero attached hydrogens (tertiary/aromatic N) is 2. The molecule has 0 amide bonds. The lowest BCUT2D eigenvalue weighted by Gasteiger charge is -2.29. The van der Waals surface area contributed by atoms with Crippen LogP contribution in [0, 0.1) is 0 Å². The van der Waals surface area contributed by atoms with Crippen molar-refractivity contribution in [3.8, 4) is 5.75 Å². The fraction of sp³-hybridized carbons (Fsp3) is 0.435. The van der Waals surface area contributed by atoms with Gasteiger partial charge in [-0.05, 0) is 61.8 Å². The lowest BCUT2D eigenvalue weighted by molar-refractivity contribution is 0.0905. The number of thiocarbonyl (C=S) groups is 1. The van der Waals surface area contributed by atoms with Gasteiger partial charge in [0.15, 0.2) is 5.11 Å². The maximum Gasteiger partial charge on any atom is 0.173 e. The van der Waals surface area contributed by atoms with E-state index in [-0.39, 0.29) is 6.10 Å². The van der Waals surface area contributed by atoms with E-state index in [4.69, 9.17) is 21.7 Å². The van der Waals surface area contributed by atoms with E-state index in [2.05, 4.69) is 39.4 Å². The van der Waals surface area contributed by atoms with Gasteiger partial charge in [-0.1, -0.05) is 24.3 Å². The van der Waals surface area contributed by atoms with E-state index in [1.807, 2.05) is 45.3 Å². The van der Waals surface area contributed by atoms with E-state index < -0.39 is 0 Å². The molecule has 1 N–H and O–H groups in total. The van der Waals surface area contributed by atoms with Gasteiger partial charge in [0.25, 0.3) is 0 Å². The Kier molecular flexibility index (Phi) is 7.72. The van der Waals surface area contributed by atoms with E-state index >= 15 is 0 Å². The number of benzene rings is 2. The van der Waals surface area contributed by atoms with Crippen LogP contribution in [-0.4, -0.2) is 50.0 Å². The maximum atomic E-state index is 5.87. The van der Waals surface area contributed by atoms with Crippen LogP contribution in [0.15, 0.2) is 48.5 Å². The number of ether oxygens (including phenoxy) is 2. The molecule has 1 aliphatic heterocycles. The number of hydrogen-bond acceptors (Lipinski definition) is 4. The second kappa shape index (κ2) is 10.5. The molecule has 0 aliphatic carbocycles. The van der Waals surface area contributed by atoms with Gasteiger partial charge in [0.05, 0.1) is 18.4 Å². The molecule has 3 rings (SSSR count). The first kappa shape index (κ1) is 21.4. The Balaban J connectivity index is 1.74. The quantitative estimate of drug-likeness (QED) is 0.641. The van der Waals surface area contributed by atoms with Crippen LogP contribution in [0.5, 0.6) is 5.75 Å². The minimum absolute atomic E-state index is 0.220. The van der Waals surface area contributed by atoms with E-state index in [0.29, 0.717) is 11.7 Å². The summed E-state index contributed by atoms with van der Waals surface area (Å²) in [4.78, 5) is 4.30. The Morgan fingerprint density at radius 2 is 1.93 bits per heavy atom. The molecule has 2 aromatic rings. The SMILES string of the molecule is CCOc1ccccc1NC(=S)N(Cc1ccc(N(C)C)cc1)CC1CCCO1. The molecule has 1 saturated heterocycles. The molecule has 29 heavy (non-hydrogen) atoms. The zero-order valence-electron chi connectivity index (χ0n) is 17.6. The summed E-state index contributed by atoms with van der Waals surface area (Å²) in [5.74, 6) is 0.810. The van der Waals surface area contributed by atoms with Crippen molar-refractivity contribution in [2.24, 2.45) is 0 Å². The fourth-order valence-electron chi connectivity index (χ4n) is 3.42. The van der Waals surface area contributed by atoms with Gasteiger partial charge in [0, 0.05) is 39.5 Å². The number of hydrogen-bond donors (Lipinski definition) is 1. The Bertz CT molecular complexity index is 789. The molecular formula is C23H31N3O2S. The molecule has 2 aromatic carbocycles. The van der Waals surface area contributed by atoms with Gasteiger partial charge in [-0.2, -0.15) is 0 Å². The largest absolute Gasteiger partial charge is 0.492 e. The van der Waals surface area contributed by atoms with Crippen LogP contribution in [0.4, 0.5) is 11.4 Å². The average molecular weight is 414 g/mol. The predicted octanol–water partition coefficient (Wildman–Crippen LogP) is 4.53. The van der Waals surface area contributed by atoms with Gasteiger partial charge in [0.2, 0.25) is 0 Å². The molecule has 1 fully saturated rings. The summed E-state index contributed by atoms with van der Waals surface area (Å²) in [6.07, 6.45) is 2.41. The molecule has 1 atom stereocenters. The summed E-state index contributed by atoms with van der Waals surface area (Å²) in [6, 6.07) is 16.5. The van der Waals surface area contributed by atoms with E-state index in [1.165, 1.54) is 11.3 Å². The van der Waals surface area contributed by atoms with E-state index in [9.17, 15) is 0 Å². The molecule has 1 aliphatic rings. The molecule has 156 valence electrons. The van der Waals surface area contributed by atoms with Crippen LogP contribution >= 0.6 is 12.2 Å². The molecule has 0 saturated carbocycles. The van der Waals surface area contributed by atoms with Crippen molar-refractivity contribution in [2.45, 2.75) is 32.4 Å². The molecule has 1 heterocycles. The lowest BCUT2D eigenvalue weighted by atomic mass is 10.1. The Labute approximate surface area is 179 Å². The molecule has 5 nitrogen and oxygen atoms in total. The zero-order valence-corrected chi connectivity index (χ0v) is 18.4. The number of nitrogens with one attached hydrogen (secondary N) is 1. The number of para-hydroxylation sites is 2. The summed E-state index contributed by atoms with van der Waals surface area (Å²) < 4.78 is 11.6. The molecule has 0 bridgehead atoms. The summed E-state index contributed by atoms with van der Waals surface area (Å²) >= 11 is 5.80. The van der Waals surface area contributed by atoms with Gasteiger partial charge in [-0.15, -0.1) is 0 Å². The third-order valence-electron chi connectivity index (χ3n) is 4.99. The first-order chi connectivity index (χ1) is 14.1. The molecular weight excluding hydrogens is 382 g/mol. The Morgan fingerprint density at radius 1 is 1.17 bits per heavy atom. The molecule has 0 radical (unpaired) electrons. The first-order valence-electron chi connectivity index (χ1n) is 10.2. The molecule has 6 heteroatoms. The molecule has 0 spiro atoms. The third-order valence-corrected chi connectivity index (χ3v) is 5.35. The highest BCUT2D eigenvalue weighted by Gasteiger charge is 2.22. The Morgan fingerprint density at radius 3 is 2.59 bits per heavy atom. The second-order valence-corrected chi connectivity index (χ2v) is 7.82. The van der Waals surface area contributed by atoms with Crippen LogP contribution in [-0.2, 0) is 11.3 Å². The highest BCUT2D eigenvalue weighted by Crippen LogP contribution is 2.25. The average Bonchev–Trinajstić information content (AvgIpc) is 3.23. The standard InChI is InChI=1S/C23H31N3O2S/c1-4-27-22-10-6-5-9-21(22)24-23(29)26(17-20-8-7-15-28-20)16-18-11-13-19(14-12-18)25(2)3/h5-6,9-14,20H,4,7-8,15-17H2,1-3H3,(H,24,29). The minimum Gasteiger partial charge on any atom is -0.492 e. The van der Waals surface area contributed by atoms with Crippen LogP contribution in [0.1, 0.15) is 25.3 Å². The lowest BCUT2D eigenvalue weighted by Crippen LogP contribution is -2.39. The number of anilines is 2. The normalized spacial score (nSPS) is 15.8. The van der Waals surface area contributed by atoms with Crippen LogP contribution in [0.25, 0.3) is 0 Å². The molecule has 1 unspecified atom stereocenters. The summed E-state index contributed by atoms with van der Waals surface area (Å²) in [6.45, 7) is 4.94. The van der Waals surface area contributed by atoms with Crippen LogP contribution < -0.4 is 15.0 Å². The minimum atomic E-state index is 0.220. The smallest absolute Gasteiger partial charge is 0.173 e. The highest BCUT2D eigenvalue weighted by atomic mass is 32.1. The van der Waals surface area contributed by atoms with E-state index in [1.54, 1.807) is 0 Å². The van der Waals surface area contributed by atoms with Crippen molar-refractivity contribution in [3.63, 3.8) is 0 Å². The fourth-order valence-corrected chi connectivity index (χ4v) is 3.67. The van der Waals surface area contributed by atoms with Crippen molar-refractivity contribution < 1.29 is 9.47 Å². The third kappa shape index (κ3) is 6.08. The number of rotatable bonds is 8. The van der Waals surface area contributed by atoms with E-state index in [0.717, 1.165) is 44.0 Å². The second-order valence-electron chi connectivity index (χ2n) is 7.44. The maximum absolute atomic E-state index is 5.87. The van der Waals surface area contributed by atoms with Gasteiger partial charge >= 0.3 is 0 Å². The van der Waals surface area contributed by atoms with Crippen molar-refractivity contribution in [1.29, 1.82) is 0 Å². The van der Waals surface area contributed by atoms with Crippen molar-refractivity contribution in [2.75, 3.05) is 44.1 Å². The highest BCUT2D eigenvalue weighted by molar-refractivity contribution is 7.80. The summed E-state index contributed by atoms with van der Waals surface area (Å²) in [5.41, 5.74) is 3.29. The zero-order chi connectivity index (χ0) is 20.6. The van der Waals surface area contributed by atoms with Crippen molar-refractivity contribution >= 4 is 28.7 Å². The molecule has 0 aromatic heterocycles. The van der Waals surface area contributed by atoms with Crippen LogP contribution in [0.2, 0.25) is 0 Å². The topological polar surface area (TPSA) is 37.0 Å². The summed E-state index contributed by atoms with van der Waals surface area (Å²) in [5, 5.41) is 4.07. The van der Waals surface area contributed by atoms with Crippen LogP contribution in [0.3, 0.4) is 0 Å². The Hall–Kier alpha value is -2.31. The van der Waals surface area contributed by atoms with Gasteiger partial charge in [0.1, 0.15) is 5.75 Å². The van der Waals surface area contributed by atoms with Crippen molar-refractivity contribution in [1.82, 2.24) is 4.90 Å².